The normalized spacial score (nSPS) is 25.0. The Morgan fingerprint density at radius 1 is 0.716 bits per heavy atom. The molecule has 1 N–H and O–H groups in total. The Kier molecular flexibility index (Phi) is 8.76. The number of hydrogen-bond acceptors (Lipinski definition) is 5. The number of nitrogens with zero attached hydrogens (tertiary/aromatic N) is 4. The maximum atomic E-state index is 11.4. The van der Waals surface area contributed by atoms with Gasteiger partial charge >= 0.3 is 0 Å². The highest BCUT2D eigenvalue weighted by atomic mass is 16.5. The van der Waals surface area contributed by atoms with Gasteiger partial charge < -0.3 is 23.6 Å². The molecule has 0 bridgehead atoms. The number of fused-ring (bicyclic) bond motifs is 13. The maximum absolute atomic E-state index is 11.4. The van der Waals surface area contributed by atoms with Crippen molar-refractivity contribution in [3.05, 3.63) is 208 Å². The second-order valence-corrected chi connectivity index (χ2v) is 18.8. The van der Waals surface area contributed by atoms with Crippen LogP contribution >= 0.6 is 0 Å². The van der Waals surface area contributed by atoms with Crippen molar-refractivity contribution < 1.29 is 9.15 Å². The van der Waals surface area contributed by atoms with Crippen molar-refractivity contribution in [1.82, 2.24) is 14.5 Å². The molecule has 7 aliphatic rings. The highest BCUT2D eigenvalue weighted by Crippen LogP contribution is 2.47. The van der Waals surface area contributed by atoms with E-state index in [0.29, 0.717) is 0 Å². The van der Waals surface area contributed by atoms with E-state index >= 15 is 0 Å². The fourth-order valence-corrected chi connectivity index (χ4v) is 12.1. The Hall–Kier alpha value is -7.66. The lowest BCUT2D eigenvalue weighted by atomic mass is 9.85. The van der Waals surface area contributed by atoms with E-state index in [-0.39, 0.29) is 30.3 Å². The lowest BCUT2D eigenvalue weighted by Gasteiger charge is -2.33. The first-order valence-electron chi connectivity index (χ1n) is 24.0. The van der Waals surface area contributed by atoms with Crippen molar-refractivity contribution in [3.8, 4) is 6.07 Å². The van der Waals surface area contributed by atoms with Gasteiger partial charge in [-0.1, -0.05) is 127 Å². The van der Waals surface area contributed by atoms with Crippen LogP contribution in [0.2, 0.25) is 0 Å². The van der Waals surface area contributed by atoms with Crippen LogP contribution in [0, 0.1) is 17.2 Å². The molecule has 4 aromatic carbocycles. The average Bonchev–Trinajstić information content (AvgIpc) is 4.10. The molecule has 67 heavy (non-hydrogen) atoms. The molecule has 0 spiro atoms. The summed E-state index contributed by atoms with van der Waals surface area (Å²) in [4.78, 5) is 5.55. The number of benzene rings is 4. The molecule has 1 fully saturated rings. The van der Waals surface area contributed by atoms with Crippen LogP contribution in [0.25, 0.3) is 61.5 Å². The number of furan rings is 1. The third-order valence-electron chi connectivity index (χ3n) is 15.2. The summed E-state index contributed by atoms with van der Waals surface area (Å²) < 4.78 is 18.2. The van der Waals surface area contributed by atoms with Crippen LogP contribution in [0.1, 0.15) is 59.9 Å². The van der Waals surface area contributed by atoms with Gasteiger partial charge in [-0.3, -0.25) is 4.99 Å². The molecular weight excluding hydrogens is 823 g/mol. The van der Waals surface area contributed by atoms with Crippen molar-refractivity contribution in [2.75, 3.05) is 0 Å². The molecule has 5 heterocycles. The van der Waals surface area contributed by atoms with Gasteiger partial charge in [0.25, 0.3) is 0 Å². The molecule has 0 amide bonds. The smallest absolute Gasteiger partial charge is 0.145 e. The quantitative estimate of drug-likeness (QED) is 0.175. The first-order valence-corrected chi connectivity index (χ1v) is 24.0. The standard InChI is InChI=1S/C60H47N5O2/c61-35-38-33-46(48-29-28-47(62-60(63-48)36-14-2-1-3-15-36)37-26-31-57-45(32-37)42-19-8-12-24-55(42)66-57)54(34-53(38)64-49-21-9-4-16-39(49)40-17-5-10-22-50(40)64)65-51-23-11-6-20-44(51)58-52(65)30-27-43-41-18-7-13-25-56(41)67-59(43)58/h1-4,6,8-16,19-23,25-30,32-34,38,47-48,53,55,57H,5,7,17-18,24,31H2,(H,62,63). The van der Waals surface area contributed by atoms with Crippen molar-refractivity contribution >= 4 is 67.4 Å². The number of nitriles is 1. The minimum Gasteiger partial charge on any atom is -0.456 e. The van der Waals surface area contributed by atoms with E-state index in [1.807, 2.05) is 0 Å². The number of aryl methyl sites for hydroxylation is 2. The topological polar surface area (TPSA) is 80.4 Å². The molecule has 7 heteroatoms. The summed E-state index contributed by atoms with van der Waals surface area (Å²) in [7, 11) is 0. The minimum atomic E-state index is -0.473. The van der Waals surface area contributed by atoms with Gasteiger partial charge in [0.15, 0.2) is 0 Å². The van der Waals surface area contributed by atoms with Crippen LogP contribution in [-0.2, 0) is 17.6 Å². The Bertz CT molecular complexity index is 3640. The fourth-order valence-electron chi connectivity index (χ4n) is 12.1. The molecule has 7 nitrogen and oxygen atoms in total. The predicted octanol–water partition coefficient (Wildman–Crippen LogP) is 12.8. The number of ether oxygens (including phenoxy) is 1. The highest BCUT2D eigenvalue weighted by molar-refractivity contribution is 6.21. The lowest BCUT2D eigenvalue weighted by Crippen LogP contribution is -2.37. The molecule has 6 atom stereocenters. The van der Waals surface area contributed by atoms with E-state index in [2.05, 4.69) is 191 Å². The Morgan fingerprint density at radius 3 is 2.42 bits per heavy atom. The molecule has 7 aromatic rings. The van der Waals surface area contributed by atoms with E-state index in [1.165, 1.54) is 44.3 Å². The van der Waals surface area contributed by atoms with Gasteiger partial charge in [-0.2, -0.15) is 5.26 Å². The van der Waals surface area contributed by atoms with Gasteiger partial charge in [0.05, 0.1) is 58.7 Å². The molecule has 3 aromatic heterocycles. The molecule has 2 aliphatic heterocycles. The van der Waals surface area contributed by atoms with Crippen LogP contribution in [0.3, 0.4) is 0 Å². The second kappa shape index (κ2) is 15.2. The van der Waals surface area contributed by atoms with Gasteiger partial charge in [0, 0.05) is 44.2 Å². The van der Waals surface area contributed by atoms with Crippen LogP contribution < -0.4 is 5.32 Å². The summed E-state index contributed by atoms with van der Waals surface area (Å²) in [5, 5.41) is 20.1. The Morgan fingerprint density at radius 2 is 1.52 bits per heavy atom. The third-order valence-corrected chi connectivity index (χ3v) is 15.2. The van der Waals surface area contributed by atoms with Gasteiger partial charge in [-0.25, -0.2) is 0 Å². The van der Waals surface area contributed by atoms with Crippen molar-refractivity contribution in [1.29, 1.82) is 5.26 Å². The molecule has 6 unspecified atom stereocenters. The van der Waals surface area contributed by atoms with Crippen molar-refractivity contribution in [2.45, 2.75) is 68.9 Å². The zero-order valence-corrected chi connectivity index (χ0v) is 37.0. The number of rotatable bonds is 5. The first-order chi connectivity index (χ1) is 33.2. The zero-order valence-electron chi connectivity index (χ0n) is 37.0. The first kappa shape index (κ1) is 38.6. The number of para-hydroxylation sites is 2. The third kappa shape index (κ3) is 5.96. The largest absolute Gasteiger partial charge is 0.456 e. The second-order valence-electron chi connectivity index (χ2n) is 18.8. The van der Waals surface area contributed by atoms with E-state index in [4.69, 9.17) is 14.1 Å². The van der Waals surface area contributed by atoms with E-state index in [0.717, 1.165) is 99.9 Å². The molecule has 5 aliphatic carbocycles. The van der Waals surface area contributed by atoms with Gasteiger partial charge in [0.1, 0.15) is 17.2 Å². The highest BCUT2D eigenvalue weighted by Gasteiger charge is 2.38. The molecular formula is C60H47N5O2. The van der Waals surface area contributed by atoms with Crippen LogP contribution in [0.4, 0.5) is 0 Å². The molecule has 0 saturated carbocycles. The molecule has 1 saturated heterocycles. The minimum absolute atomic E-state index is 0.0723. The Balaban J connectivity index is 0.983. The summed E-state index contributed by atoms with van der Waals surface area (Å²) >= 11 is 0. The fraction of sp³-hybridized carbons (Fsp3) is 0.200. The van der Waals surface area contributed by atoms with E-state index in [9.17, 15) is 5.26 Å². The summed E-state index contributed by atoms with van der Waals surface area (Å²) in [5.74, 6) is 1.30. The van der Waals surface area contributed by atoms with E-state index in [1.54, 1.807) is 0 Å². The van der Waals surface area contributed by atoms with Gasteiger partial charge in [0.2, 0.25) is 0 Å². The number of amidine groups is 1. The van der Waals surface area contributed by atoms with Crippen LogP contribution in [-0.4, -0.2) is 39.3 Å². The molecule has 0 radical (unpaired) electrons. The Labute approximate surface area is 388 Å². The lowest BCUT2D eigenvalue weighted by molar-refractivity contribution is 0.0658. The summed E-state index contributed by atoms with van der Waals surface area (Å²) in [5.41, 5.74) is 14.9. The molecule has 14 rings (SSSR count). The number of hydrogen-bond donors (Lipinski definition) is 1. The van der Waals surface area contributed by atoms with Crippen LogP contribution in [0.15, 0.2) is 190 Å². The maximum Gasteiger partial charge on any atom is 0.145 e. The van der Waals surface area contributed by atoms with Gasteiger partial charge in [-0.15, -0.1) is 0 Å². The zero-order chi connectivity index (χ0) is 44.2. The average molecular weight is 870 g/mol. The van der Waals surface area contributed by atoms with Crippen molar-refractivity contribution in [3.63, 3.8) is 0 Å². The number of aliphatic imine (C=N–C) groups is 1. The van der Waals surface area contributed by atoms with Gasteiger partial charge in [-0.05, 0) is 109 Å². The predicted molar refractivity (Wildman–Crippen MR) is 270 cm³/mol. The monoisotopic (exact) mass is 869 g/mol. The summed E-state index contributed by atoms with van der Waals surface area (Å²) in [6.45, 7) is 0. The summed E-state index contributed by atoms with van der Waals surface area (Å²) in [6.07, 6.45) is 35.2. The number of nitrogens with one attached hydrogen (secondary N) is 1. The van der Waals surface area contributed by atoms with Crippen molar-refractivity contribution in [2.24, 2.45) is 10.9 Å². The SMILES string of the molecule is N#CC1C=C(C2C=CC(C3=CCC4OC5CC=CC=C5C4=C3)N=C(c3ccccc3)N2)C(n2c3ccccc3c3c4oc5c(c4ccc32)CCC=C5)=CC1n1c2c(c3ccccc31)CCC=C2. The summed E-state index contributed by atoms with van der Waals surface area (Å²) in [6, 6.07) is 34.5. The number of aromatic nitrogens is 2. The van der Waals surface area contributed by atoms with Crippen LogP contribution in [0.5, 0.6) is 0 Å². The van der Waals surface area contributed by atoms with E-state index < -0.39 is 5.92 Å². The number of allylic oxidation sites excluding steroid dienone is 6. The molecule has 324 valence electrons.